The van der Waals surface area contributed by atoms with Crippen molar-refractivity contribution in [3.63, 3.8) is 0 Å². The van der Waals surface area contributed by atoms with Gasteiger partial charge >= 0.3 is 0 Å². The zero-order valence-electron chi connectivity index (χ0n) is 15.6. The molecule has 156 valence electrons. The third kappa shape index (κ3) is 9.12. The van der Waals surface area contributed by atoms with Crippen LogP contribution in [0.5, 0.6) is 0 Å². The summed E-state index contributed by atoms with van der Waals surface area (Å²) in [5, 5.41) is 0. The highest BCUT2D eigenvalue weighted by molar-refractivity contribution is 4.72. The lowest BCUT2D eigenvalue weighted by atomic mass is 10.3. The minimum atomic E-state index is -0.169. The van der Waals surface area contributed by atoms with Gasteiger partial charge in [0.15, 0.2) is 0 Å². The number of rotatable bonds is 18. The lowest BCUT2D eigenvalue weighted by molar-refractivity contribution is -0.112. The first-order chi connectivity index (χ1) is 13.3. The molecule has 0 bridgehead atoms. The van der Waals surface area contributed by atoms with Crippen molar-refractivity contribution in [2.24, 2.45) is 0 Å². The van der Waals surface area contributed by atoms with E-state index in [-0.39, 0.29) is 36.6 Å². The predicted octanol–water partition coefficient (Wildman–Crippen LogP) is -0.598. The molecule has 0 saturated carbocycles. The van der Waals surface area contributed by atoms with Gasteiger partial charge in [-0.05, 0) is 0 Å². The summed E-state index contributed by atoms with van der Waals surface area (Å²) in [4.78, 5) is 0. The van der Waals surface area contributed by atoms with Crippen molar-refractivity contribution in [3.05, 3.63) is 0 Å². The molecule has 5 atom stereocenters. The molecule has 4 aliphatic rings. The van der Waals surface area contributed by atoms with Crippen molar-refractivity contribution >= 4 is 0 Å². The van der Waals surface area contributed by atoms with Gasteiger partial charge in [0.2, 0.25) is 0 Å². The highest BCUT2D eigenvalue weighted by atomic mass is 16.6. The molecular weight excluding hydrogens is 360 g/mol. The van der Waals surface area contributed by atoms with Crippen molar-refractivity contribution in [3.8, 4) is 0 Å². The molecule has 0 radical (unpaired) electrons. The van der Waals surface area contributed by atoms with Crippen LogP contribution in [-0.4, -0.2) is 116 Å². The molecule has 0 N–H and O–H groups in total. The van der Waals surface area contributed by atoms with Crippen molar-refractivity contribution in [2.45, 2.75) is 36.6 Å². The summed E-state index contributed by atoms with van der Waals surface area (Å²) in [5.41, 5.74) is 0. The molecule has 0 spiro atoms. The van der Waals surface area contributed by atoms with Crippen LogP contribution in [0.1, 0.15) is 0 Å². The summed E-state index contributed by atoms with van der Waals surface area (Å²) < 4.78 is 49.7. The first kappa shape index (κ1) is 19.9. The maximum absolute atomic E-state index is 6.03. The fourth-order valence-corrected chi connectivity index (χ4v) is 2.43. The lowest BCUT2D eigenvalue weighted by Crippen LogP contribution is -2.34. The van der Waals surface area contributed by atoms with Crippen molar-refractivity contribution in [1.29, 1.82) is 0 Å². The van der Waals surface area contributed by atoms with Crippen LogP contribution in [0.3, 0.4) is 0 Å². The Bertz CT molecular complexity index is 403. The van der Waals surface area contributed by atoms with E-state index in [9.17, 15) is 0 Å². The normalized spacial score (nSPS) is 32.9. The molecule has 9 nitrogen and oxygen atoms in total. The third-order valence-corrected chi connectivity index (χ3v) is 4.47. The molecule has 5 unspecified atom stereocenters. The van der Waals surface area contributed by atoms with Gasteiger partial charge in [0.05, 0.1) is 79.3 Å². The molecule has 0 aromatic heterocycles. The molecular formula is C18H30O9. The number of ether oxygens (including phenoxy) is 9. The fourth-order valence-electron chi connectivity index (χ4n) is 2.43. The van der Waals surface area contributed by atoms with E-state index in [1.807, 2.05) is 0 Å². The monoisotopic (exact) mass is 390 g/mol. The Kier molecular flexibility index (Phi) is 7.70. The minimum Gasteiger partial charge on any atom is -0.376 e. The van der Waals surface area contributed by atoms with Gasteiger partial charge in [0.25, 0.3) is 0 Å². The summed E-state index contributed by atoms with van der Waals surface area (Å²) in [5.74, 6) is 0. The van der Waals surface area contributed by atoms with Gasteiger partial charge in [-0.1, -0.05) is 0 Å². The summed E-state index contributed by atoms with van der Waals surface area (Å²) in [7, 11) is 0. The quantitative estimate of drug-likeness (QED) is 0.284. The van der Waals surface area contributed by atoms with Gasteiger partial charge in [-0.25, -0.2) is 0 Å². The van der Waals surface area contributed by atoms with Gasteiger partial charge in [-0.3, -0.25) is 0 Å². The predicted molar refractivity (Wildman–Crippen MR) is 90.9 cm³/mol. The smallest absolute Gasteiger partial charge is 0.104 e. The highest BCUT2D eigenvalue weighted by Gasteiger charge is 2.28. The van der Waals surface area contributed by atoms with Gasteiger partial charge in [-0.15, -0.1) is 0 Å². The Morgan fingerprint density at radius 2 is 0.889 bits per heavy atom. The van der Waals surface area contributed by atoms with E-state index in [1.54, 1.807) is 0 Å². The van der Waals surface area contributed by atoms with E-state index in [2.05, 4.69) is 0 Å². The second-order valence-electron chi connectivity index (χ2n) is 7.34. The lowest BCUT2D eigenvalue weighted by Gasteiger charge is -2.22. The maximum atomic E-state index is 6.03. The van der Waals surface area contributed by atoms with E-state index < -0.39 is 0 Å². The molecule has 0 aliphatic carbocycles. The Labute approximate surface area is 159 Å². The average Bonchev–Trinajstić information content (AvgIpc) is 3.50. The highest BCUT2D eigenvalue weighted by Crippen LogP contribution is 2.14. The number of hydrogen-bond donors (Lipinski definition) is 0. The molecule has 4 saturated heterocycles. The van der Waals surface area contributed by atoms with Gasteiger partial charge in [0, 0.05) is 0 Å². The van der Waals surface area contributed by atoms with E-state index in [1.165, 1.54) is 0 Å². The van der Waals surface area contributed by atoms with E-state index >= 15 is 0 Å². The molecule has 4 aliphatic heterocycles. The van der Waals surface area contributed by atoms with Crippen LogP contribution in [0.4, 0.5) is 0 Å². The molecule has 0 amide bonds. The van der Waals surface area contributed by atoms with Crippen LogP contribution >= 0.6 is 0 Å². The van der Waals surface area contributed by atoms with Crippen LogP contribution in [0.15, 0.2) is 0 Å². The van der Waals surface area contributed by atoms with Gasteiger partial charge in [-0.2, -0.15) is 0 Å². The Hall–Kier alpha value is -0.360. The van der Waals surface area contributed by atoms with Crippen LogP contribution in [-0.2, 0) is 42.6 Å². The van der Waals surface area contributed by atoms with Crippen molar-refractivity contribution < 1.29 is 42.6 Å². The van der Waals surface area contributed by atoms with E-state index in [0.717, 1.165) is 26.4 Å². The zero-order chi connectivity index (χ0) is 18.3. The maximum Gasteiger partial charge on any atom is 0.104 e. The zero-order valence-corrected chi connectivity index (χ0v) is 15.6. The molecule has 0 aromatic rings. The third-order valence-electron chi connectivity index (χ3n) is 4.47. The average molecular weight is 390 g/mol. The minimum absolute atomic E-state index is 0.158. The Morgan fingerprint density at radius 1 is 0.519 bits per heavy atom. The topological polar surface area (TPSA) is 96.3 Å². The SMILES string of the molecule is C(OCC1CO1)C(COCC1CO1)OCC(COCC1CO1)OCC1CO1. The van der Waals surface area contributed by atoms with E-state index in [4.69, 9.17) is 42.6 Å². The number of hydrogen-bond acceptors (Lipinski definition) is 9. The van der Waals surface area contributed by atoms with E-state index in [0.29, 0.717) is 52.9 Å². The molecule has 9 heteroatoms. The van der Waals surface area contributed by atoms with Crippen LogP contribution in [0.2, 0.25) is 0 Å². The summed E-state index contributed by atoms with van der Waals surface area (Å²) in [6.45, 7) is 7.24. The van der Waals surface area contributed by atoms with Crippen molar-refractivity contribution in [2.75, 3.05) is 79.3 Å². The molecule has 4 fully saturated rings. The second kappa shape index (κ2) is 10.4. The van der Waals surface area contributed by atoms with Gasteiger partial charge in [0.1, 0.15) is 36.6 Å². The first-order valence-corrected chi connectivity index (χ1v) is 9.78. The molecule has 4 heterocycles. The fraction of sp³-hybridized carbons (Fsp3) is 1.00. The van der Waals surface area contributed by atoms with Crippen molar-refractivity contribution in [1.82, 2.24) is 0 Å². The first-order valence-electron chi connectivity index (χ1n) is 9.78. The van der Waals surface area contributed by atoms with Crippen LogP contribution < -0.4 is 0 Å². The largest absolute Gasteiger partial charge is 0.376 e. The second-order valence-corrected chi connectivity index (χ2v) is 7.34. The van der Waals surface area contributed by atoms with Crippen LogP contribution in [0, 0.1) is 0 Å². The molecule has 0 aromatic carbocycles. The Balaban J connectivity index is 1.15. The van der Waals surface area contributed by atoms with Gasteiger partial charge < -0.3 is 42.6 Å². The number of epoxide rings is 4. The summed E-state index contributed by atoms with van der Waals surface area (Å²) in [6, 6.07) is 0. The summed E-state index contributed by atoms with van der Waals surface area (Å²) >= 11 is 0. The molecule has 27 heavy (non-hydrogen) atoms. The molecule has 4 rings (SSSR count). The summed E-state index contributed by atoms with van der Waals surface area (Å²) in [6.07, 6.45) is 0.589. The standard InChI is InChI=1S/C18H30O9/c1(19-3-15-8-23-15)13(2-20-4-16-9-24-16)22-7-14(26-11-18-12-27-18)5-21-6-17-10-25-17/h13-18H,1-12H2. The van der Waals surface area contributed by atoms with Crippen LogP contribution in [0.25, 0.3) is 0 Å². The Morgan fingerprint density at radius 3 is 1.30 bits per heavy atom.